The van der Waals surface area contributed by atoms with Gasteiger partial charge in [-0.15, -0.1) is 0 Å². The minimum Gasteiger partial charge on any atom is -0.312 e. The van der Waals surface area contributed by atoms with Crippen molar-refractivity contribution in [2.75, 3.05) is 0 Å². The summed E-state index contributed by atoms with van der Waals surface area (Å²) in [5.41, 5.74) is 1.28. The molecule has 0 spiro atoms. The van der Waals surface area contributed by atoms with Gasteiger partial charge < -0.3 is 4.57 Å². The van der Waals surface area contributed by atoms with Crippen LogP contribution < -0.4 is 5.56 Å². The highest BCUT2D eigenvalue weighted by molar-refractivity contribution is 5.82. The Morgan fingerprint density at radius 3 is 2.60 bits per heavy atom. The molecule has 2 aromatic rings. The van der Waals surface area contributed by atoms with E-state index in [4.69, 9.17) is 0 Å². The molecule has 0 saturated heterocycles. The predicted molar refractivity (Wildman–Crippen MR) is 63.3 cm³/mol. The zero-order chi connectivity index (χ0) is 11.0. The molecule has 2 rings (SSSR count). The molecule has 0 aliphatic rings. The molecule has 0 N–H and O–H groups in total. The fourth-order valence-corrected chi connectivity index (χ4v) is 1.79. The Balaban J connectivity index is 2.80. The zero-order valence-corrected chi connectivity index (χ0v) is 9.32. The number of nitrogens with zero attached hydrogens (tertiary/aromatic N) is 1. The van der Waals surface area contributed by atoms with Crippen molar-refractivity contribution in [3.8, 4) is 0 Å². The maximum Gasteiger partial charge on any atom is 0.258 e. The summed E-state index contributed by atoms with van der Waals surface area (Å²) in [6, 6.07) is 8.15. The molecular weight excluding hydrogens is 186 g/mol. The van der Waals surface area contributed by atoms with Crippen molar-refractivity contribution in [1.82, 2.24) is 4.57 Å². The van der Waals surface area contributed by atoms with Crippen molar-refractivity contribution >= 4 is 10.8 Å². The van der Waals surface area contributed by atoms with Crippen molar-refractivity contribution < 1.29 is 0 Å². The third-order valence-electron chi connectivity index (χ3n) is 2.64. The van der Waals surface area contributed by atoms with Gasteiger partial charge in [0, 0.05) is 17.6 Å². The second-order valence-electron chi connectivity index (χ2n) is 4.21. The minimum atomic E-state index is 0.0995. The summed E-state index contributed by atoms with van der Waals surface area (Å²) in [6.45, 7) is 6.07. The van der Waals surface area contributed by atoms with Crippen molar-refractivity contribution in [3.63, 3.8) is 0 Å². The SMILES string of the molecule is Cc1ccc2c(=O)n(C(C)C)ccc2c1. The quantitative estimate of drug-likeness (QED) is 0.695. The van der Waals surface area contributed by atoms with Crippen LogP contribution >= 0.6 is 0 Å². The van der Waals surface area contributed by atoms with Gasteiger partial charge >= 0.3 is 0 Å². The van der Waals surface area contributed by atoms with Crippen LogP contribution in [0, 0.1) is 6.92 Å². The molecule has 15 heavy (non-hydrogen) atoms. The first-order chi connectivity index (χ1) is 7.09. The third-order valence-corrected chi connectivity index (χ3v) is 2.64. The van der Waals surface area contributed by atoms with Crippen LogP contribution in [0.1, 0.15) is 25.5 Å². The van der Waals surface area contributed by atoms with Crippen LogP contribution in [0.4, 0.5) is 0 Å². The molecule has 1 aromatic carbocycles. The van der Waals surface area contributed by atoms with Gasteiger partial charge in [-0.3, -0.25) is 4.79 Å². The number of pyridine rings is 1. The van der Waals surface area contributed by atoms with E-state index < -0.39 is 0 Å². The van der Waals surface area contributed by atoms with Crippen LogP contribution in [0.2, 0.25) is 0 Å². The van der Waals surface area contributed by atoms with Gasteiger partial charge in [0.1, 0.15) is 0 Å². The lowest BCUT2D eigenvalue weighted by Crippen LogP contribution is -2.20. The average Bonchev–Trinajstić information content (AvgIpc) is 2.17. The third kappa shape index (κ3) is 1.67. The van der Waals surface area contributed by atoms with E-state index in [0.29, 0.717) is 0 Å². The highest BCUT2D eigenvalue weighted by Gasteiger charge is 2.04. The Hall–Kier alpha value is -1.57. The van der Waals surface area contributed by atoms with Gasteiger partial charge in [0.05, 0.1) is 0 Å². The Labute approximate surface area is 89.2 Å². The van der Waals surface area contributed by atoms with E-state index in [9.17, 15) is 4.79 Å². The number of rotatable bonds is 1. The lowest BCUT2D eigenvalue weighted by atomic mass is 10.1. The van der Waals surface area contributed by atoms with Crippen molar-refractivity contribution in [3.05, 3.63) is 46.4 Å². The van der Waals surface area contributed by atoms with Gasteiger partial charge in [-0.05, 0) is 38.3 Å². The molecule has 0 radical (unpaired) electrons. The van der Waals surface area contributed by atoms with E-state index in [2.05, 4.69) is 0 Å². The van der Waals surface area contributed by atoms with Gasteiger partial charge in [-0.2, -0.15) is 0 Å². The molecule has 1 heterocycles. The minimum absolute atomic E-state index is 0.0995. The fraction of sp³-hybridized carbons (Fsp3) is 0.308. The summed E-state index contributed by atoms with van der Waals surface area (Å²) >= 11 is 0. The zero-order valence-electron chi connectivity index (χ0n) is 9.32. The maximum atomic E-state index is 12.0. The molecule has 0 saturated carbocycles. The number of hydrogen-bond acceptors (Lipinski definition) is 1. The molecule has 0 aliphatic heterocycles. The smallest absolute Gasteiger partial charge is 0.258 e. The van der Waals surface area contributed by atoms with E-state index >= 15 is 0 Å². The molecule has 0 bridgehead atoms. The van der Waals surface area contributed by atoms with Gasteiger partial charge in [0.2, 0.25) is 0 Å². The highest BCUT2D eigenvalue weighted by atomic mass is 16.1. The van der Waals surface area contributed by atoms with Crippen LogP contribution in [-0.2, 0) is 0 Å². The lowest BCUT2D eigenvalue weighted by Gasteiger charge is -2.10. The number of hydrogen-bond donors (Lipinski definition) is 0. The predicted octanol–water partition coefficient (Wildman–Crippen LogP) is 2.89. The molecular formula is C13H15NO. The number of aromatic nitrogens is 1. The number of aryl methyl sites for hydroxylation is 1. The van der Waals surface area contributed by atoms with Gasteiger partial charge in [0.15, 0.2) is 0 Å². The second kappa shape index (κ2) is 3.54. The molecule has 2 heteroatoms. The second-order valence-corrected chi connectivity index (χ2v) is 4.21. The van der Waals surface area contributed by atoms with Crippen LogP contribution in [0.25, 0.3) is 10.8 Å². The van der Waals surface area contributed by atoms with E-state index in [-0.39, 0.29) is 11.6 Å². The number of benzene rings is 1. The summed E-state index contributed by atoms with van der Waals surface area (Å²) in [7, 11) is 0. The first-order valence-electron chi connectivity index (χ1n) is 5.21. The Kier molecular flexibility index (Phi) is 2.35. The maximum absolute atomic E-state index is 12.0. The summed E-state index contributed by atoms with van der Waals surface area (Å²) in [5, 5.41) is 1.83. The molecule has 2 nitrogen and oxygen atoms in total. The molecule has 0 aliphatic carbocycles. The number of fused-ring (bicyclic) bond motifs is 1. The Bertz CT molecular complexity index is 552. The van der Waals surface area contributed by atoms with Crippen molar-refractivity contribution in [1.29, 1.82) is 0 Å². The van der Waals surface area contributed by atoms with Crippen LogP contribution in [-0.4, -0.2) is 4.57 Å². The molecule has 0 atom stereocenters. The van der Waals surface area contributed by atoms with Crippen LogP contribution in [0.15, 0.2) is 35.3 Å². The lowest BCUT2D eigenvalue weighted by molar-refractivity contribution is 0.583. The van der Waals surface area contributed by atoms with Crippen molar-refractivity contribution in [2.45, 2.75) is 26.8 Å². The van der Waals surface area contributed by atoms with Crippen LogP contribution in [0.5, 0.6) is 0 Å². The van der Waals surface area contributed by atoms with Gasteiger partial charge in [-0.1, -0.05) is 17.7 Å². The average molecular weight is 201 g/mol. The standard InChI is InChI=1S/C13H15NO/c1-9(2)14-7-6-11-8-10(3)4-5-12(11)13(14)15/h4-9H,1-3H3. The van der Waals surface area contributed by atoms with Crippen LogP contribution in [0.3, 0.4) is 0 Å². The largest absolute Gasteiger partial charge is 0.312 e. The van der Waals surface area contributed by atoms with E-state index in [1.807, 2.05) is 51.2 Å². The van der Waals surface area contributed by atoms with Gasteiger partial charge in [0.25, 0.3) is 5.56 Å². The topological polar surface area (TPSA) is 22.0 Å². The van der Waals surface area contributed by atoms with Crippen molar-refractivity contribution in [2.24, 2.45) is 0 Å². The molecule has 1 aromatic heterocycles. The molecule has 0 unspecified atom stereocenters. The summed E-state index contributed by atoms with van der Waals surface area (Å²) < 4.78 is 1.76. The Morgan fingerprint density at radius 2 is 1.93 bits per heavy atom. The van der Waals surface area contributed by atoms with Gasteiger partial charge in [-0.25, -0.2) is 0 Å². The highest BCUT2D eigenvalue weighted by Crippen LogP contribution is 2.13. The first kappa shape index (κ1) is 9.97. The van der Waals surface area contributed by atoms with E-state index in [1.54, 1.807) is 4.57 Å². The fourth-order valence-electron chi connectivity index (χ4n) is 1.79. The summed E-state index contributed by atoms with van der Waals surface area (Å²) in [6.07, 6.45) is 1.87. The first-order valence-corrected chi connectivity index (χ1v) is 5.21. The molecule has 0 amide bonds. The Morgan fingerprint density at radius 1 is 1.20 bits per heavy atom. The molecule has 0 fully saturated rings. The van der Waals surface area contributed by atoms with E-state index in [1.165, 1.54) is 5.56 Å². The summed E-state index contributed by atoms with van der Waals surface area (Å²) in [5.74, 6) is 0. The van der Waals surface area contributed by atoms with E-state index in [0.717, 1.165) is 10.8 Å². The molecule has 78 valence electrons. The normalized spacial score (nSPS) is 11.2. The summed E-state index contributed by atoms with van der Waals surface area (Å²) in [4.78, 5) is 12.0. The monoisotopic (exact) mass is 201 g/mol.